The molecule has 3 heterocycles. The van der Waals surface area contributed by atoms with E-state index in [1.165, 1.54) is 6.20 Å². The quantitative estimate of drug-likeness (QED) is 0.922. The number of hydrogen-bond acceptors (Lipinski definition) is 5. The SMILES string of the molecule is Cn1cc(C(=O)NCc2cnc(C3CCCCO3)nc2)cn1. The summed E-state index contributed by atoms with van der Waals surface area (Å²) in [5.41, 5.74) is 1.40. The minimum absolute atomic E-state index is 0.00721. The zero-order chi connectivity index (χ0) is 15.4. The summed E-state index contributed by atoms with van der Waals surface area (Å²) in [5, 5.41) is 6.80. The summed E-state index contributed by atoms with van der Waals surface area (Å²) >= 11 is 0. The number of aryl methyl sites for hydroxylation is 1. The molecule has 0 aliphatic carbocycles. The standard InChI is InChI=1S/C15H19N5O2/c1-20-10-12(9-19-20)15(21)18-8-11-6-16-14(17-7-11)13-4-2-3-5-22-13/h6-7,9-10,13H,2-5,8H2,1H3,(H,18,21). The Balaban J connectivity index is 1.55. The number of amides is 1. The van der Waals surface area contributed by atoms with Crippen LogP contribution in [0.3, 0.4) is 0 Å². The van der Waals surface area contributed by atoms with E-state index >= 15 is 0 Å². The number of carbonyl (C=O) groups excluding carboxylic acids is 1. The number of nitrogens with one attached hydrogen (secondary N) is 1. The molecule has 2 aromatic rings. The summed E-state index contributed by atoms with van der Waals surface area (Å²) in [6, 6.07) is 0. The van der Waals surface area contributed by atoms with Gasteiger partial charge in [0.1, 0.15) is 6.10 Å². The second kappa shape index (κ2) is 6.65. The molecule has 1 amide bonds. The van der Waals surface area contributed by atoms with Crippen LogP contribution in [0.5, 0.6) is 0 Å². The van der Waals surface area contributed by atoms with Gasteiger partial charge in [-0.25, -0.2) is 9.97 Å². The van der Waals surface area contributed by atoms with Gasteiger partial charge < -0.3 is 10.1 Å². The Bertz CT molecular complexity index is 632. The van der Waals surface area contributed by atoms with Crippen molar-refractivity contribution in [3.8, 4) is 0 Å². The normalized spacial score (nSPS) is 18.1. The Morgan fingerprint density at radius 2 is 2.18 bits per heavy atom. The molecular formula is C15H19N5O2. The minimum atomic E-state index is -0.159. The monoisotopic (exact) mass is 301 g/mol. The largest absolute Gasteiger partial charge is 0.370 e. The molecule has 0 bridgehead atoms. The van der Waals surface area contributed by atoms with E-state index in [0.29, 0.717) is 12.1 Å². The average Bonchev–Trinajstić information content (AvgIpc) is 3.00. The average molecular weight is 301 g/mol. The number of ether oxygens (including phenoxy) is 1. The smallest absolute Gasteiger partial charge is 0.254 e. The third kappa shape index (κ3) is 3.48. The van der Waals surface area contributed by atoms with Crippen LogP contribution in [0.2, 0.25) is 0 Å². The first-order valence-corrected chi connectivity index (χ1v) is 7.41. The first kappa shape index (κ1) is 14.6. The molecule has 1 fully saturated rings. The lowest BCUT2D eigenvalue weighted by Gasteiger charge is -2.21. The van der Waals surface area contributed by atoms with E-state index in [2.05, 4.69) is 20.4 Å². The molecule has 22 heavy (non-hydrogen) atoms. The Kier molecular flexibility index (Phi) is 4.43. The van der Waals surface area contributed by atoms with Gasteiger partial charge in [-0.3, -0.25) is 9.48 Å². The van der Waals surface area contributed by atoms with Crippen LogP contribution >= 0.6 is 0 Å². The highest BCUT2D eigenvalue weighted by molar-refractivity contribution is 5.93. The van der Waals surface area contributed by atoms with Crippen LogP contribution in [0.25, 0.3) is 0 Å². The van der Waals surface area contributed by atoms with E-state index in [1.54, 1.807) is 30.3 Å². The maximum absolute atomic E-state index is 11.9. The van der Waals surface area contributed by atoms with E-state index in [1.807, 2.05) is 0 Å². The Morgan fingerprint density at radius 3 is 2.82 bits per heavy atom. The molecule has 1 atom stereocenters. The van der Waals surface area contributed by atoms with Gasteiger partial charge in [0.15, 0.2) is 5.82 Å². The maximum atomic E-state index is 11.9. The van der Waals surface area contributed by atoms with Crippen LogP contribution in [0.1, 0.15) is 47.1 Å². The highest BCUT2D eigenvalue weighted by atomic mass is 16.5. The van der Waals surface area contributed by atoms with Crippen molar-refractivity contribution in [2.45, 2.75) is 31.9 Å². The van der Waals surface area contributed by atoms with E-state index in [-0.39, 0.29) is 12.0 Å². The van der Waals surface area contributed by atoms with Gasteiger partial charge in [0.05, 0.1) is 11.8 Å². The molecule has 0 radical (unpaired) electrons. The summed E-state index contributed by atoms with van der Waals surface area (Å²) in [7, 11) is 1.77. The lowest BCUT2D eigenvalue weighted by molar-refractivity contribution is 0.00940. The summed E-state index contributed by atoms with van der Waals surface area (Å²) in [4.78, 5) is 20.6. The molecule has 1 unspecified atom stereocenters. The van der Waals surface area contributed by atoms with Crippen LogP contribution < -0.4 is 5.32 Å². The molecule has 7 nitrogen and oxygen atoms in total. The van der Waals surface area contributed by atoms with E-state index < -0.39 is 0 Å². The summed E-state index contributed by atoms with van der Waals surface area (Å²) in [6.07, 6.45) is 9.93. The van der Waals surface area contributed by atoms with Gasteiger partial charge in [-0.1, -0.05) is 0 Å². The van der Waals surface area contributed by atoms with Crippen molar-refractivity contribution in [3.05, 3.63) is 41.7 Å². The number of aromatic nitrogens is 4. The Morgan fingerprint density at radius 1 is 1.36 bits per heavy atom. The summed E-state index contributed by atoms with van der Waals surface area (Å²) in [6.45, 7) is 1.16. The van der Waals surface area contributed by atoms with Crippen molar-refractivity contribution in [3.63, 3.8) is 0 Å². The molecule has 116 valence electrons. The summed E-state index contributed by atoms with van der Waals surface area (Å²) < 4.78 is 7.25. The fraction of sp³-hybridized carbons (Fsp3) is 0.467. The molecule has 3 rings (SSSR count). The van der Waals surface area contributed by atoms with Crippen molar-refractivity contribution in [2.75, 3.05) is 6.61 Å². The van der Waals surface area contributed by atoms with E-state index in [0.717, 1.165) is 37.3 Å². The number of hydrogen-bond donors (Lipinski definition) is 1. The number of rotatable bonds is 4. The van der Waals surface area contributed by atoms with E-state index in [4.69, 9.17) is 4.74 Å². The molecule has 0 saturated carbocycles. The second-order valence-electron chi connectivity index (χ2n) is 5.39. The molecule has 1 aliphatic rings. The predicted octanol–water partition coefficient (Wildman–Crippen LogP) is 1.38. The van der Waals surface area contributed by atoms with Crippen molar-refractivity contribution < 1.29 is 9.53 Å². The second-order valence-corrected chi connectivity index (χ2v) is 5.39. The molecule has 0 spiro atoms. The van der Waals surface area contributed by atoms with Crippen molar-refractivity contribution >= 4 is 5.91 Å². The van der Waals surface area contributed by atoms with Gasteiger partial charge >= 0.3 is 0 Å². The van der Waals surface area contributed by atoms with Gasteiger partial charge in [0, 0.05) is 44.4 Å². The highest BCUT2D eigenvalue weighted by Gasteiger charge is 2.18. The molecule has 1 saturated heterocycles. The molecule has 1 N–H and O–H groups in total. The molecule has 2 aromatic heterocycles. The van der Waals surface area contributed by atoms with Crippen LogP contribution in [0.4, 0.5) is 0 Å². The lowest BCUT2D eigenvalue weighted by atomic mass is 10.1. The topological polar surface area (TPSA) is 81.9 Å². The van der Waals surface area contributed by atoms with Crippen LogP contribution in [0, 0.1) is 0 Å². The fourth-order valence-electron chi connectivity index (χ4n) is 2.39. The maximum Gasteiger partial charge on any atom is 0.254 e. The van der Waals surface area contributed by atoms with Crippen LogP contribution in [0.15, 0.2) is 24.8 Å². The van der Waals surface area contributed by atoms with E-state index in [9.17, 15) is 4.79 Å². The number of carbonyl (C=O) groups is 1. The zero-order valence-electron chi connectivity index (χ0n) is 12.5. The number of nitrogens with zero attached hydrogens (tertiary/aromatic N) is 4. The zero-order valence-corrected chi connectivity index (χ0v) is 12.5. The van der Waals surface area contributed by atoms with Gasteiger partial charge in [-0.15, -0.1) is 0 Å². The summed E-state index contributed by atoms with van der Waals surface area (Å²) in [5.74, 6) is 0.565. The fourth-order valence-corrected chi connectivity index (χ4v) is 2.39. The molecule has 1 aliphatic heterocycles. The first-order valence-electron chi connectivity index (χ1n) is 7.41. The minimum Gasteiger partial charge on any atom is -0.370 e. The highest BCUT2D eigenvalue weighted by Crippen LogP contribution is 2.24. The predicted molar refractivity (Wildman–Crippen MR) is 79.0 cm³/mol. The Labute approximate surface area is 128 Å². The van der Waals surface area contributed by atoms with Gasteiger partial charge in [-0.05, 0) is 19.3 Å². The van der Waals surface area contributed by atoms with Gasteiger partial charge in [0.25, 0.3) is 5.91 Å². The van der Waals surface area contributed by atoms with Gasteiger partial charge in [-0.2, -0.15) is 5.10 Å². The Hall–Kier alpha value is -2.28. The van der Waals surface area contributed by atoms with Crippen LogP contribution in [-0.4, -0.2) is 32.3 Å². The van der Waals surface area contributed by atoms with Gasteiger partial charge in [0.2, 0.25) is 0 Å². The third-order valence-corrected chi connectivity index (χ3v) is 3.61. The lowest BCUT2D eigenvalue weighted by Crippen LogP contribution is -2.23. The molecule has 7 heteroatoms. The van der Waals surface area contributed by atoms with Crippen LogP contribution in [-0.2, 0) is 18.3 Å². The molecule has 0 aromatic carbocycles. The van der Waals surface area contributed by atoms with Crippen molar-refractivity contribution in [2.24, 2.45) is 7.05 Å². The van der Waals surface area contributed by atoms with Crippen molar-refractivity contribution in [1.82, 2.24) is 25.1 Å². The first-order chi connectivity index (χ1) is 10.7. The molecular weight excluding hydrogens is 282 g/mol. The third-order valence-electron chi connectivity index (χ3n) is 3.61. The van der Waals surface area contributed by atoms with Crippen molar-refractivity contribution in [1.29, 1.82) is 0 Å².